The van der Waals surface area contributed by atoms with Crippen molar-refractivity contribution in [2.45, 2.75) is 9.79 Å². The number of para-hydroxylation sites is 2. The van der Waals surface area contributed by atoms with E-state index in [1.807, 2.05) is 36.3 Å². The van der Waals surface area contributed by atoms with Crippen molar-refractivity contribution >= 4 is 62.8 Å². The van der Waals surface area contributed by atoms with Gasteiger partial charge in [0.05, 0.1) is 46.2 Å². The van der Waals surface area contributed by atoms with Crippen LogP contribution in [0.15, 0.2) is 126 Å². The Morgan fingerprint density at radius 2 is 1.16 bits per heavy atom. The van der Waals surface area contributed by atoms with Crippen LogP contribution in [0.2, 0.25) is 0 Å². The number of aromatic nitrogens is 2. The van der Waals surface area contributed by atoms with Crippen molar-refractivity contribution in [2.24, 2.45) is 0 Å². The van der Waals surface area contributed by atoms with Crippen molar-refractivity contribution in [3.63, 3.8) is 0 Å². The third-order valence-electron chi connectivity index (χ3n) is 6.94. The van der Waals surface area contributed by atoms with Gasteiger partial charge in [-0.2, -0.15) is 0 Å². The summed E-state index contributed by atoms with van der Waals surface area (Å²) in [6.45, 7) is 7.95. The fraction of sp³-hybridized carbons (Fsp3) is 0. The van der Waals surface area contributed by atoms with Gasteiger partial charge in [0.2, 0.25) is 0 Å². The molecule has 176 valence electrons. The van der Waals surface area contributed by atoms with E-state index in [1.165, 1.54) is 31.9 Å². The highest BCUT2D eigenvalue weighted by Gasteiger charge is 2.25. The van der Waals surface area contributed by atoms with Gasteiger partial charge in [-0.05, 0) is 65.7 Å². The highest BCUT2D eigenvalue weighted by atomic mass is 32.2. The predicted molar refractivity (Wildman–Crippen MR) is 158 cm³/mol. The third-order valence-corrected chi connectivity index (χ3v) is 8.07. The van der Waals surface area contributed by atoms with E-state index in [1.54, 1.807) is 0 Å². The first kappa shape index (κ1) is 21.7. The number of benzene rings is 4. The lowest BCUT2D eigenvalue weighted by Crippen LogP contribution is -2.15. The lowest BCUT2D eigenvalue weighted by Gasteiger charge is -2.32. The van der Waals surface area contributed by atoms with Crippen molar-refractivity contribution in [1.82, 2.24) is 9.55 Å². The predicted octanol–water partition coefficient (Wildman–Crippen LogP) is 9.40. The smallest absolute Gasteiger partial charge is 0.0666 e. The first-order valence-electron chi connectivity index (χ1n) is 12.2. The molecule has 0 N–H and O–H groups in total. The van der Waals surface area contributed by atoms with Crippen molar-refractivity contribution in [3.8, 4) is 5.69 Å². The number of pyridine rings is 1. The van der Waals surface area contributed by atoms with Crippen LogP contribution in [0.4, 0.5) is 17.1 Å². The van der Waals surface area contributed by atoms with Crippen LogP contribution in [0.3, 0.4) is 0 Å². The van der Waals surface area contributed by atoms with Crippen LogP contribution in [0.5, 0.6) is 0 Å². The number of rotatable bonds is 4. The second-order valence-corrected chi connectivity index (χ2v) is 10.2. The Bertz CT molecular complexity index is 1750. The van der Waals surface area contributed by atoms with Gasteiger partial charge in [-0.15, -0.1) is 0 Å². The highest BCUT2D eigenvalue weighted by molar-refractivity contribution is 7.99. The minimum absolute atomic E-state index is 1.02. The van der Waals surface area contributed by atoms with Crippen molar-refractivity contribution < 1.29 is 0 Å². The van der Waals surface area contributed by atoms with E-state index < -0.39 is 0 Å². The normalized spacial score (nSPS) is 12.4. The molecule has 1 aliphatic rings. The van der Waals surface area contributed by atoms with Crippen LogP contribution >= 0.6 is 11.8 Å². The molecule has 0 unspecified atom stereocenters. The van der Waals surface area contributed by atoms with E-state index in [9.17, 15) is 0 Å². The minimum atomic E-state index is 1.02. The molecule has 4 aromatic carbocycles. The van der Waals surface area contributed by atoms with Crippen LogP contribution in [-0.4, -0.2) is 9.55 Å². The molecule has 0 fully saturated rings. The van der Waals surface area contributed by atoms with E-state index in [2.05, 4.69) is 114 Å². The van der Waals surface area contributed by atoms with Crippen molar-refractivity contribution in [3.05, 3.63) is 128 Å². The number of fused-ring (bicyclic) bond motifs is 5. The molecule has 2 aromatic heterocycles. The molecule has 0 saturated carbocycles. The molecule has 0 spiro atoms. The van der Waals surface area contributed by atoms with Gasteiger partial charge >= 0.3 is 0 Å². The first-order valence-corrected chi connectivity index (χ1v) is 13.0. The summed E-state index contributed by atoms with van der Waals surface area (Å²) in [5.74, 6) is 0. The Labute approximate surface area is 220 Å². The average Bonchev–Trinajstić information content (AvgIpc) is 3.28. The lowest BCUT2D eigenvalue weighted by molar-refractivity contribution is 1.11. The summed E-state index contributed by atoms with van der Waals surface area (Å²) in [6, 6.07) is 32.3. The molecular formula is C33H23N3S. The van der Waals surface area contributed by atoms with Gasteiger partial charge in [0.15, 0.2) is 0 Å². The monoisotopic (exact) mass is 493 g/mol. The summed E-state index contributed by atoms with van der Waals surface area (Å²) in [5, 5.41) is 2.37. The molecule has 4 heteroatoms. The summed E-state index contributed by atoms with van der Waals surface area (Å²) in [4.78, 5) is 9.53. The Kier molecular flexibility index (Phi) is 5.01. The molecule has 0 amide bonds. The van der Waals surface area contributed by atoms with Gasteiger partial charge in [0.1, 0.15) is 0 Å². The second kappa shape index (κ2) is 8.54. The minimum Gasteiger partial charge on any atom is -0.308 e. The molecule has 3 nitrogen and oxygen atoms in total. The number of hydrogen-bond donors (Lipinski definition) is 0. The van der Waals surface area contributed by atoms with Gasteiger partial charge in [-0.25, -0.2) is 0 Å². The van der Waals surface area contributed by atoms with E-state index in [0.29, 0.717) is 0 Å². The third kappa shape index (κ3) is 3.41. The SMILES string of the molecule is C=Cc1ccc2c(c1)c1cc(C=C)ccc1n2-c1cncc(N2c3ccccc3Sc3ccccc32)c1. The van der Waals surface area contributed by atoms with E-state index in [-0.39, 0.29) is 0 Å². The number of nitrogens with zero attached hydrogens (tertiary/aromatic N) is 3. The standard InChI is InChI=1S/C33H23N3S/c1-3-22-13-15-28-26(17-22)27-18-23(4-2)14-16-29(27)35(28)24-19-25(21-34-20-24)36-30-9-5-7-11-32(30)37-33-12-8-6-10-31(33)36/h3-21H,1-2H2. The van der Waals surface area contributed by atoms with Gasteiger partial charge in [0, 0.05) is 20.6 Å². The first-order chi connectivity index (χ1) is 18.2. The molecule has 0 atom stereocenters. The average molecular weight is 494 g/mol. The molecule has 0 aliphatic carbocycles. The van der Waals surface area contributed by atoms with Crippen LogP contribution in [-0.2, 0) is 0 Å². The van der Waals surface area contributed by atoms with Gasteiger partial charge in [0.25, 0.3) is 0 Å². The molecule has 0 radical (unpaired) electrons. The molecular weight excluding hydrogens is 470 g/mol. The maximum Gasteiger partial charge on any atom is 0.0666 e. The summed E-state index contributed by atoms with van der Waals surface area (Å²) in [5.41, 5.74) is 8.84. The summed E-state index contributed by atoms with van der Waals surface area (Å²) >= 11 is 1.81. The quantitative estimate of drug-likeness (QED) is 0.244. The lowest BCUT2D eigenvalue weighted by atomic mass is 10.1. The van der Waals surface area contributed by atoms with E-state index in [0.717, 1.165) is 33.5 Å². The Hall–Kier alpha value is -4.54. The largest absolute Gasteiger partial charge is 0.308 e. The van der Waals surface area contributed by atoms with Crippen LogP contribution in [0, 0.1) is 0 Å². The molecule has 1 aliphatic heterocycles. The Morgan fingerprint density at radius 3 is 1.73 bits per heavy atom. The molecule has 0 saturated heterocycles. The molecule has 7 rings (SSSR count). The molecule has 0 bridgehead atoms. The number of anilines is 3. The van der Waals surface area contributed by atoms with Gasteiger partial charge in [-0.3, -0.25) is 4.98 Å². The molecule has 6 aromatic rings. The summed E-state index contributed by atoms with van der Waals surface area (Å²) in [6.07, 6.45) is 7.69. The summed E-state index contributed by atoms with van der Waals surface area (Å²) in [7, 11) is 0. The fourth-order valence-corrected chi connectivity index (χ4v) is 6.29. The second-order valence-electron chi connectivity index (χ2n) is 9.07. The van der Waals surface area contributed by atoms with Crippen molar-refractivity contribution in [2.75, 3.05) is 4.90 Å². The van der Waals surface area contributed by atoms with Crippen LogP contribution in [0.1, 0.15) is 11.1 Å². The zero-order valence-electron chi connectivity index (χ0n) is 20.1. The van der Waals surface area contributed by atoms with Gasteiger partial charge < -0.3 is 9.47 Å². The van der Waals surface area contributed by atoms with E-state index >= 15 is 0 Å². The summed E-state index contributed by atoms with van der Waals surface area (Å²) < 4.78 is 2.30. The molecule has 37 heavy (non-hydrogen) atoms. The topological polar surface area (TPSA) is 21.1 Å². The van der Waals surface area contributed by atoms with Gasteiger partial charge in [-0.1, -0.05) is 73.5 Å². The zero-order chi connectivity index (χ0) is 24.9. The maximum atomic E-state index is 4.74. The van der Waals surface area contributed by atoms with Crippen molar-refractivity contribution in [1.29, 1.82) is 0 Å². The van der Waals surface area contributed by atoms with Crippen LogP contribution in [0.25, 0.3) is 39.6 Å². The zero-order valence-corrected chi connectivity index (χ0v) is 21.0. The number of hydrogen-bond acceptors (Lipinski definition) is 3. The Balaban J connectivity index is 1.48. The van der Waals surface area contributed by atoms with Crippen LogP contribution < -0.4 is 4.90 Å². The highest BCUT2D eigenvalue weighted by Crippen LogP contribution is 2.51. The Morgan fingerprint density at radius 1 is 0.622 bits per heavy atom. The molecule has 3 heterocycles. The fourth-order valence-electron chi connectivity index (χ4n) is 5.23. The van der Waals surface area contributed by atoms with E-state index in [4.69, 9.17) is 4.98 Å². The maximum absolute atomic E-state index is 4.74.